The van der Waals surface area contributed by atoms with Gasteiger partial charge in [-0.15, -0.1) is 0 Å². The standard InChI is InChI=1S/C12H27N3O/c1-14(2)12(6-5-7-12)10-15(3)9-11(8-13)16-4/h11H,5-10,13H2,1-4H3. The summed E-state index contributed by atoms with van der Waals surface area (Å²) in [5.41, 5.74) is 6.03. The molecule has 0 heterocycles. The van der Waals surface area contributed by atoms with Gasteiger partial charge in [0.1, 0.15) is 0 Å². The third-order valence-electron chi connectivity index (χ3n) is 3.91. The molecule has 4 heteroatoms. The van der Waals surface area contributed by atoms with E-state index in [9.17, 15) is 0 Å². The lowest BCUT2D eigenvalue weighted by atomic mass is 9.75. The fourth-order valence-electron chi connectivity index (χ4n) is 2.49. The van der Waals surface area contributed by atoms with Gasteiger partial charge in [-0.3, -0.25) is 0 Å². The van der Waals surface area contributed by atoms with E-state index in [0.717, 1.165) is 13.1 Å². The first-order valence-corrected chi connectivity index (χ1v) is 6.13. The fourth-order valence-corrected chi connectivity index (χ4v) is 2.49. The zero-order valence-corrected chi connectivity index (χ0v) is 11.2. The molecule has 0 aromatic rings. The normalized spacial score (nSPS) is 21.2. The number of likely N-dealkylation sites (N-methyl/N-ethyl adjacent to an activating group) is 2. The number of nitrogens with zero attached hydrogens (tertiary/aromatic N) is 2. The molecular weight excluding hydrogens is 202 g/mol. The van der Waals surface area contributed by atoms with E-state index in [1.54, 1.807) is 7.11 Å². The van der Waals surface area contributed by atoms with E-state index in [4.69, 9.17) is 10.5 Å². The van der Waals surface area contributed by atoms with Crippen molar-refractivity contribution in [3.8, 4) is 0 Å². The molecule has 1 fully saturated rings. The molecule has 0 amide bonds. The molecule has 1 aliphatic carbocycles. The largest absolute Gasteiger partial charge is 0.379 e. The topological polar surface area (TPSA) is 41.7 Å². The van der Waals surface area contributed by atoms with Crippen LogP contribution in [-0.4, -0.2) is 69.3 Å². The van der Waals surface area contributed by atoms with Crippen molar-refractivity contribution >= 4 is 0 Å². The quantitative estimate of drug-likeness (QED) is 0.685. The van der Waals surface area contributed by atoms with Crippen molar-refractivity contribution in [3.05, 3.63) is 0 Å². The minimum absolute atomic E-state index is 0.157. The average Bonchev–Trinajstić information content (AvgIpc) is 2.19. The van der Waals surface area contributed by atoms with Crippen molar-refractivity contribution in [3.63, 3.8) is 0 Å². The van der Waals surface area contributed by atoms with Crippen LogP contribution < -0.4 is 5.73 Å². The molecule has 0 aromatic heterocycles. The average molecular weight is 229 g/mol. The maximum absolute atomic E-state index is 5.64. The smallest absolute Gasteiger partial charge is 0.0820 e. The van der Waals surface area contributed by atoms with Crippen LogP contribution in [0.3, 0.4) is 0 Å². The molecule has 1 unspecified atom stereocenters. The van der Waals surface area contributed by atoms with Crippen LogP contribution in [0.25, 0.3) is 0 Å². The Morgan fingerprint density at radius 3 is 2.25 bits per heavy atom. The minimum Gasteiger partial charge on any atom is -0.379 e. The Labute approximate surface area is 99.7 Å². The highest BCUT2D eigenvalue weighted by Gasteiger charge is 2.39. The van der Waals surface area contributed by atoms with Crippen molar-refractivity contribution in [2.24, 2.45) is 5.73 Å². The molecule has 4 nitrogen and oxygen atoms in total. The van der Waals surface area contributed by atoms with Crippen molar-refractivity contribution in [2.75, 3.05) is 47.9 Å². The Kier molecular flexibility index (Phi) is 5.18. The zero-order valence-electron chi connectivity index (χ0n) is 11.2. The number of hydrogen-bond donors (Lipinski definition) is 1. The molecule has 0 saturated heterocycles. The second kappa shape index (κ2) is 5.96. The summed E-state index contributed by atoms with van der Waals surface area (Å²) in [5, 5.41) is 0. The molecule has 0 bridgehead atoms. The SMILES string of the molecule is COC(CN)CN(C)CC1(N(C)C)CCC1. The molecule has 2 N–H and O–H groups in total. The lowest BCUT2D eigenvalue weighted by Crippen LogP contribution is -2.57. The first kappa shape index (κ1) is 13.9. The van der Waals surface area contributed by atoms with E-state index in [1.165, 1.54) is 19.3 Å². The van der Waals surface area contributed by atoms with Gasteiger partial charge in [0.2, 0.25) is 0 Å². The van der Waals surface area contributed by atoms with Crippen LogP contribution in [0.15, 0.2) is 0 Å². The van der Waals surface area contributed by atoms with Gasteiger partial charge in [0.05, 0.1) is 6.10 Å². The van der Waals surface area contributed by atoms with Crippen molar-refractivity contribution in [2.45, 2.75) is 30.9 Å². The van der Waals surface area contributed by atoms with Crippen molar-refractivity contribution in [1.29, 1.82) is 0 Å². The van der Waals surface area contributed by atoms with E-state index < -0.39 is 0 Å². The molecule has 1 aliphatic rings. The van der Waals surface area contributed by atoms with Gasteiger partial charge in [-0.25, -0.2) is 0 Å². The molecule has 96 valence electrons. The van der Waals surface area contributed by atoms with Crippen LogP contribution in [0.2, 0.25) is 0 Å². The third kappa shape index (κ3) is 3.17. The molecule has 0 aliphatic heterocycles. The molecular formula is C12H27N3O. The number of rotatable bonds is 7. The summed E-state index contributed by atoms with van der Waals surface area (Å²) in [6.45, 7) is 2.62. The Morgan fingerprint density at radius 2 is 1.94 bits per heavy atom. The second-order valence-corrected chi connectivity index (χ2v) is 5.26. The Hall–Kier alpha value is -0.160. The van der Waals surface area contributed by atoms with Gasteiger partial charge >= 0.3 is 0 Å². The van der Waals surface area contributed by atoms with Crippen LogP contribution in [0.5, 0.6) is 0 Å². The van der Waals surface area contributed by atoms with Crippen LogP contribution >= 0.6 is 0 Å². The van der Waals surface area contributed by atoms with Gasteiger partial charge in [0.25, 0.3) is 0 Å². The highest BCUT2D eigenvalue weighted by atomic mass is 16.5. The molecule has 1 saturated carbocycles. The number of ether oxygens (including phenoxy) is 1. The van der Waals surface area contributed by atoms with Crippen molar-refractivity contribution in [1.82, 2.24) is 9.80 Å². The van der Waals surface area contributed by atoms with Crippen LogP contribution in [-0.2, 0) is 4.74 Å². The van der Waals surface area contributed by atoms with E-state index in [1.807, 2.05) is 0 Å². The lowest BCUT2D eigenvalue weighted by molar-refractivity contribution is 0.00858. The minimum atomic E-state index is 0.157. The van der Waals surface area contributed by atoms with E-state index >= 15 is 0 Å². The van der Waals surface area contributed by atoms with E-state index in [2.05, 4.69) is 30.9 Å². The number of hydrogen-bond acceptors (Lipinski definition) is 4. The van der Waals surface area contributed by atoms with Gasteiger partial charge in [0, 0.05) is 32.3 Å². The third-order valence-corrected chi connectivity index (χ3v) is 3.91. The Morgan fingerprint density at radius 1 is 1.31 bits per heavy atom. The lowest BCUT2D eigenvalue weighted by Gasteiger charge is -2.49. The summed E-state index contributed by atoms with van der Waals surface area (Å²) in [6.07, 6.45) is 4.13. The summed E-state index contributed by atoms with van der Waals surface area (Å²) in [6, 6.07) is 0. The highest BCUT2D eigenvalue weighted by molar-refractivity contribution is 4.98. The summed E-state index contributed by atoms with van der Waals surface area (Å²) in [7, 11) is 8.26. The summed E-state index contributed by atoms with van der Waals surface area (Å²) in [4.78, 5) is 4.72. The van der Waals surface area contributed by atoms with Gasteiger partial charge in [0.15, 0.2) is 0 Å². The molecule has 0 spiro atoms. The molecule has 0 aromatic carbocycles. The van der Waals surface area contributed by atoms with Crippen LogP contribution in [0, 0.1) is 0 Å². The van der Waals surface area contributed by atoms with E-state index in [-0.39, 0.29) is 6.10 Å². The second-order valence-electron chi connectivity index (χ2n) is 5.26. The number of nitrogens with two attached hydrogens (primary N) is 1. The predicted octanol–water partition coefficient (Wildman–Crippen LogP) is 0.376. The van der Waals surface area contributed by atoms with Gasteiger partial charge in [-0.05, 0) is 40.4 Å². The fraction of sp³-hybridized carbons (Fsp3) is 1.00. The molecule has 0 radical (unpaired) electrons. The number of methoxy groups -OCH3 is 1. The van der Waals surface area contributed by atoms with E-state index in [0.29, 0.717) is 12.1 Å². The zero-order chi connectivity index (χ0) is 12.2. The van der Waals surface area contributed by atoms with Gasteiger partial charge in [-0.2, -0.15) is 0 Å². The predicted molar refractivity (Wildman–Crippen MR) is 67.6 cm³/mol. The van der Waals surface area contributed by atoms with Gasteiger partial charge < -0.3 is 20.3 Å². The van der Waals surface area contributed by atoms with Crippen molar-refractivity contribution < 1.29 is 4.74 Å². The Balaban J connectivity index is 2.40. The van der Waals surface area contributed by atoms with Gasteiger partial charge in [-0.1, -0.05) is 0 Å². The summed E-state index contributed by atoms with van der Waals surface area (Å²) in [5.74, 6) is 0. The monoisotopic (exact) mass is 229 g/mol. The highest BCUT2D eigenvalue weighted by Crippen LogP contribution is 2.36. The first-order valence-electron chi connectivity index (χ1n) is 6.13. The molecule has 1 rings (SSSR count). The summed E-state index contributed by atoms with van der Waals surface area (Å²) >= 11 is 0. The summed E-state index contributed by atoms with van der Waals surface area (Å²) < 4.78 is 5.32. The van der Waals surface area contributed by atoms with Crippen LogP contribution in [0.1, 0.15) is 19.3 Å². The molecule has 16 heavy (non-hydrogen) atoms. The molecule has 1 atom stereocenters. The maximum Gasteiger partial charge on any atom is 0.0820 e. The Bertz CT molecular complexity index is 200. The first-order chi connectivity index (χ1) is 7.54. The van der Waals surface area contributed by atoms with Crippen LogP contribution in [0.4, 0.5) is 0 Å². The maximum atomic E-state index is 5.64.